The smallest absolute Gasteiger partial charge is 0.258 e. The normalized spacial score (nSPS) is 13.2. The van der Waals surface area contributed by atoms with Crippen LogP contribution in [0.25, 0.3) is 10.9 Å². The van der Waals surface area contributed by atoms with Crippen LogP contribution in [0.5, 0.6) is 5.75 Å². The van der Waals surface area contributed by atoms with Crippen molar-refractivity contribution in [2.45, 2.75) is 45.8 Å². The monoisotopic (exact) mass is 529 g/mol. The second-order valence-electron chi connectivity index (χ2n) is 9.64. The molecule has 196 valence electrons. The molecule has 0 fully saturated rings. The largest absolute Gasteiger partial charge is 0.494 e. The Bertz CT molecular complexity index is 1530. The van der Waals surface area contributed by atoms with E-state index in [1.165, 1.54) is 15.3 Å². The number of nitrogens with zero attached hydrogens (tertiary/aromatic N) is 4. The van der Waals surface area contributed by atoms with Gasteiger partial charge in [0.15, 0.2) is 6.04 Å². The zero-order chi connectivity index (χ0) is 26.5. The molecule has 0 spiro atoms. The minimum atomic E-state index is -0.373. The van der Waals surface area contributed by atoms with E-state index in [9.17, 15) is 4.79 Å². The van der Waals surface area contributed by atoms with Gasteiger partial charge in [-0.05, 0) is 72.5 Å². The minimum absolute atomic E-state index is 0.0451. The standard InChI is InChI=1S/C29H32N6O2S/c1-4-37-23-12-13-26-22(17-23)18-25(29(36)30-26)27(28-31-32-33-35(28)20(2)3)34(19-24-11-8-16-38-24)15-14-21-9-6-5-7-10-21/h5-13,16-18,20,27H,4,14-15,19H2,1-3H3,(H,30,36)/p+1. The van der Waals surface area contributed by atoms with Gasteiger partial charge in [0.2, 0.25) is 5.82 Å². The number of hydrogen-bond acceptors (Lipinski definition) is 6. The molecule has 38 heavy (non-hydrogen) atoms. The number of ether oxygens (including phenoxy) is 1. The molecule has 0 aliphatic carbocycles. The highest BCUT2D eigenvalue weighted by molar-refractivity contribution is 7.09. The highest BCUT2D eigenvalue weighted by atomic mass is 32.1. The Hall–Kier alpha value is -3.82. The number of tetrazole rings is 1. The number of benzene rings is 2. The van der Waals surface area contributed by atoms with Crippen LogP contribution in [-0.4, -0.2) is 38.3 Å². The third-order valence-electron chi connectivity index (χ3n) is 6.70. The Kier molecular flexibility index (Phi) is 7.95. The first-order chi connectivity index (χ1) is 18.5. The molecule has 0 amide bonds. The number of nitrogens with one attached hydrogen (secondary N) is 2. The fourth-order valence-electron chi connectivity index (χ4n) is 4.89. The number of pyridine rings is 1. The third kappa shape index (κ3) is 5.69. The van der Waals surface area contributed by atoms with Crippen LogP contribution < -0.4 is 15.2 Å². The predicted octanol–water partition coefficient (Wildman–Crippen LogP) is 3.97. The number of fused-ring (bicyclic) bond motifs is 1. The molecule has 0 saturated heterocycles. The average molecular weight is 530 g/mol. The molecule has 3 aromatic heterocycles. The summed E-state index contributed by atoms with van der Waals surface area (Å²) in [6.45, 7) is 8.19. The van der Waals surface area contributed by atoms with Crippen molar-refractivity contribution in [3.8, 4) is 5.75 Å². The maximum atomic E-state index is 13.7. The Morgan fingerprint density at radius 1 is 1.08 bits per heavy atom. The van der Waals surface area contributed by atoms with E-state index in [1.807, 2.05) is 41.9 Å². The van der Waals surface area contributed by atoms with Gasteiger partial charge in [0.05, 0.1) is 29.6 Å². The van der Waals surface area contributed by atoms with Gasteiger partial charge in [-0.2, -0.15) is 0 Å². The Balaban J connectivity index is 1.65. The Labute approximate surface area is 225 Å². The molecule has 0 bridgehead atoms. The molecule has 0 radical (unpaired) electrons. The van der Waals surface area contributed by atoms with Crippen LogP contribution in [0, 0.1) is 0 Å². The van der Waals surface area contributed by atoms with Crippen LogP contribution in [0.1, 0.15) is 54.7 Å². The Morgan fingerprint density at radius 3 is 2.66 bits per heavy atom. The molecule has 2 unspecified atom stereocenters. The number of thiophene rings is 1. The van der Waals surface area contributed by atoms with Crippen molar-refractivity contribution < 1.29 is 9.64 Å². The van der Waals surface area contributed by atoms with Crippen molar-refractivity contribution in [3.63, 3.8) is 0 Å². The van der Waals surface area contributed by atoms with Gasteiger partial charge in [0, 0.05) is 17.3 Å². The van der Waals surface area contributed by atoms with Crippen LogP contribution in [0.2, 0.25) is 0 Å². The number of H-pyrrole nitrogens is 1. The zero-order valence-electron chi connectivity index (χ0n) is 21.9. The van der Waals surface area contributed by atoms with Crippen molar-refractivity contribution in [1.29, 1.82) is 0 Å². The SMILES string of the molecule is CCOc1ccc2[nH]c(=O)c(C(c3nnnn3C(C)C)[NH+](CCc3ccccc3)Cc3cccs3)cc2c1. The van der Waals surface area contributed by atoms with Crippen molar-refractivity contribution in [2.75, 3.05) is 13.2 Å². The van der Waals surface area contributed by atoms with Crippen molar-refractivity contribution >= 4 is 22.2 Å². The lowest BCUT2D eigenvalue weighted by atomic mass is 10.0. The molecule has 0 saturated carbocycles. The first kappa shape index (κ1) is 25.8. The average Bonchev–Trinajstić information content (AvgIpc) is 3.61. The van der Waals surface area contributed by atoms with E-state index < -0.39 is 0 Å². The molecular weight excluding hydrogens is 496 g/mol. The second-order valence-corrected chi connectivity index (χ2v) is 10.7. The highest BCUT2D eigenvalue weighted by Crippen LogP contribution is 2.24. The summed E-state index contributed by atoms with van der Waals surface area (Å²) in [6, 6.07) is 22.1. The van der Waals surface area contributed by atoms with Crippen molar-refractivity contribution in [2.24, 2.45) is 0 Å². The van der Waals surface area contributed by atoms with Gasteiger partial charge in [0.1, 0.15) is 12.3 Å². The summed E-state index contributed by atoms with van der Waals surface area (Å²) in [6.07, 6.45) is 0.862. The van der Waals surface area contributed by atoms with Crippen LogP contribution in [-0.2, 0) is 13.0 Å². The lowest BCUT2D eigenvalue weighted by molar-refractivity contribution is -0.939. The van der Waals surface area contributed by atoms with Crippen molar-refractivity contribution in [3.05, 3.63) is 104 Å². The molecule has 5 rings (SSSR count). The Morgan fingerprint density at radius 2 is 1.92 bits per heavy atom. The summed E-state index contributed by atoms with van der Waals surface area (Å²) >= 11 is 1.73. The van der Waals surface area contributed by atoms with E-state index in [-0.39, 0.29) is 17.6 Å². The molecule has 0 aliphatic heterocycles. The van der Waals surface area contributed by atoms with E-state index in [4.69, 9.17) is 4.74 Å². The molecule has 2 N–H and O–H groups in total. The summed E-state index contributed by atoms with van der Waals surface area (Å²) in [7, 11) is 0. The maximum Gasteiger partial charge on any atom is 0.258 e. The molecule has 0 aliphatic rings. The van der Waals surface area contributed by atoms with Gasteiger partial charge in [-0.1, -0.05) is 36.4 Å². The number of aromatic nitrogens is 5. The first-order valence-corrected chi connectivity index (χ1v) is 13.9. The van der Waals surface area contributed by atoms with Crippen LogP contribution >= 0.6 is 11.3 Å². The minimum Gasteiger partial charge on any atom is -0.494 e. The molecule has 9 heteroatoms. The summed E-state index contributed by atoms with van der Waals surface area (Å²) in [4.78, 5) is 19.2. The van der Waals surface area contributed by atoms with Gasteiger partial charge in [-0.15, -0.1) is 16.4 Å². The number of hydrogen-bond donors (Lipinski definition) is 2. The molecule has 2 aromatic carbocycles. The van der Waals surface area contributed by atoms with E-state index in [2.05, 4.69) is 76.1 Å². The van der Waals surface area contributed by atoms with Gasteiger partial charge in [-0.3, -0.25) is 4.79 Å². The third-order valence-corrected chi connectivity index (χ3v) is 7.58. The fraction of sp³-hybridized carbons (Fsp3) is 0.310. The molecule has 8 nitrogen and oxygen atoms in total. The molecule has 2 atom stereocenters. The number of quaternary nitrogens is 1. The van der Waals surface area contributed by atoms with E-state index in [1.54, 1.807) is 11.3 Å². The van der Waals surface area contributed by atoms with Gasteiger partial charge in [-0.25, -0.2) is 4.68 Å². The van der Waals surface area contributed by atoms with E-state index in [0.29, 0.717) is 18.0 Å². The molecular formula is C29H33N6O2S+. The summed E-state index contributed by atoms with van der Waals surface area (Å²) in [5.41, 5.74) is 2.54. The maximum absolute atomic E-state index is 13.7. The topological polar surface area (TPSA) is 90.1 Å². The lowest BCUT2D eigenvalue weighted by Gasteiger charge is -2.28. The van der Waals surface area contributed by atoms with Gasteiger partial charge >= 0.3 is 0 Å². The lowest BCUT2D eigenvalue weighted by Crippen LogP contribution is -3.11. The van der Waals surface area contributed by atoms with Crippen LogP contribution in [0.3, 0.4) is 0 Å². The van der Waals surface area contributed by atoms with Gasteiger partial charge < -0.3 is 14.6 Å². The quantitative estimate of drug-likeness (QED) is 0.270. The fourth-order valence-corrected chi connectivity index (χ4v) is 5.65. The molecule has 5 aromatic rings. The van der Waals surface area contributed by atoms with Crippen molar-refractivity contribution in [1.82, 2.24) is 25.2 Å². The van der Waals surface area contributed by atoms with Crippen LogP contribution in [0.15, 0.2) is 76.9 Å². The van der Waals surface area contributed by atoms with Gasteiger partial charge in [0.25, 0.3) is 5.56 Å². The summed E-state index contributed by atoms with van der Waals surface area (Å²) < 4.78 is 7.58. The summed E-state index contributed by atoms with van der Waals surface area (Å²) in [5, 5.41) is 15.8. The first-order valence-electron chi connectivity index (χ1n) is 13.0. The predicted molar refractivity (Wildman–Crippen MR) is 150 cm³/mol. The van der Waals surface area contributed by atoms with E-state index >= 15 is 0 Å². The zero-order valence-corrected chi connectivity index (χ0v) is 22.7. The summed E-state index contributed by atoms with van der Waals surface area (Å²) in [5.74, 6) is 1.46. The van der Waals surface area contributed by atoms with Crippen LogP contribution in [0.4, 0.5) is 0 Å². The number of rotatable bonds is 11. The number of aromatic amines is 1. The van der Waals surface area contributed by atoms with E-state index in [0.717, 1.165) is 36.2 Å². The molecule has 3 heterocycles. The highest BCUT2D eigenvalue weighted by Gasteiger charge is 2.35. The second kappa shape index (κ2) is 11.7.